The van der Waals surface area contributed by atoms with Crippen LogP contribution >= 0.6 is 23.1 Å². The van der Waals surface area contributed by atoms with Crippen molar-refractivity contribution in [1.29, 1.82) is 0 Å². The minimum Gasteiger partial charge on any atom is -0.481 e. The number of thioether (sulfide) groups is 1. The summed E-state index contributed by atoms with van der Waals surface area (Å²) >= 11 is 3.47. The van der Waals surface area contributed by atoms with Gasteiger partial charge in [-0.1, -0.05) is 29.5 Å². The first-order valence-electron chi connectivity index (χ1n) is 9.34. The molecule has 0 N–H and O–H groups in total. The molecule has 2 aromatic carbocycles. The third-order valence-corrected chi connectivity index (χ3v) is 6.65. The maximum absolute atomic E-state index is 12.7. The smallest absolute Gasteiger partial charge is 0.263 e. The van der Waals surface area contributed by atoms with Gasteiger partial charge in [-0.25, -0.2) is 4.98 Å². The monoisotopic (exact) mass is 413 g/mol. The standard InChI is InChI=1S/C21H23N3O2S2/c1-15(26-16-6-4-3-5-7-16)20(25)23-10-12-24(13-11-23)21-22-18-9-8-17(27-2)14-19(18)28-21/h3-9,14-15H,10-13H2,1-2H3. The molecule has 1 aromatic heterocycles. The lowest BCUT2D eigenvalue weighted by molar-refractivity contribution is -0.138. The topological polar surface area (TPSA) is 45.7 Å². The molecule has 0 aliphatic carbocycles. The van der Waals surface area contributed by atoms with Gasteiger partial charge in [0.15, 0.2) is 11.2 Å². The molecule has 3 aromatic rings. The van der Waals surface area contributed by atoms with Gasteiger partial charge in [-0.05, 0) is 43.5 Å². The van der Waals surface area contributed by atoms with Crippen molar-refractivity contribution in [3.05, 3.63) is 48.5 Å². The summed E-state index contributed by atoms with van der Waals surface area (Å²) in [5.74, 6) is 0.762. The summed E-state index contributed by atoms with van der Waals surface area (Å²) in [6.45, 7) is 4.78. The van der Waals surface area contributed by atoms with Crippen molar-refractivity contribution in [3.63, 3.8) is 0 Å². The predicted octanol–water partition coefficient (Wildman–Crippen LogP) is 4.13. The van der Waals surface area contributed by atoms with Crippen LogP contribution in [0.1, 0.15) is 6.92 Å². The number of carbonyl (C=O) groups excluding carboxylic acids is 1. The van der Waals surface area contributed by atoms with Crippen molar-refractivity contribution in [2.75, 3.05) is 37.3 Å². The number of thiazole rings is 1. The van der Waals surface area contributed by atoms with Crippen LogP contribution in [0.25, 0.3) is 10.2 Å². The van der Waals surface area contributed by atoms with Crippen molar-refractivity contribution in [2.45, 2.75) is 17.9 Å². The van der Waals surface area contributed by atoms with Crippen LogP contribution in [0, 0.1) is 0 Å². The highest BCUT2D eigenvalue weighted by Gasteiger charge is 2.27. The van der Waals surface area contributed by atoms with Gasteiger partial charge in [0, 0.05) is 31.1 Å². The summed E-state index contributed by atoms with van der Waals surface area (Å²) in [4.78, 5) is 22.9. The Balaban J connectivity index is 1.37. The number of amides is 1. The highest BCUT2D eigenvalue weighted by molar-refractivity contribution is 7.98. The van der Waals surface area contributed by atoms with Crippen molar-refractivity contribution in [3.8, 4) is 5.75 Å². The molecule has 1 amide bonds. The van der Waals surface area contributed by atoms with Crippen LogP contribution in [-0.2, 0) is 4.79 Å². The lowest BCUT2D eigenvalue weighted by atomic mass is 10.2. The number of rotatable bonds is 5. The molecule has 146 valence electrons. The lowest BCUT2D eigenvalue weighted by Crippen LogP contribution is -2.52. The summed E-state index contributed by atoms with van der Waals surface area (Å²) in [5.41, 5.74) is 1.04. The molecule has 2 heterocycles. The van der Waals surface area contributed by atoms with Crippen LogP contribution in [0.5, 0.6) is 5.75 Å². The second-order valence-electron chi connectivity index (χ2n) is 6.72. The van der Waals surface area contributed by atoms with Crippen molar-refractivity contribution in [1.82, 2.24) is 9.88 Å². The molecule has 0 radical (unpaired) electrons. The number of para-hydroxylation sites is 1. The molecule has 1 aliphatic rings. The van der Waals surface area contributed by atoms with Gasteiger partial charge in [0.2, 0.25) is 0 Å². The molecule has 1 aliphatic heterocycles. The van der Waals surface area contributed by atoms with E-state index in [1.54, 1.807) is 23.1 Å². The molecule has 1 fully saturated rings. The minimum atomic E-state index is -0.485. The first kappa shape index (κ1) is 19.1. The van der Waals surface area contributed by atoms with Gasteiger partial charge in [0.25, 0.3) is 5.91 Å². The van der Waals surface area contributed by atoms with Gasteiger partial charge in [-0.2, -0.15) is 0 Å². The van der Waals surface area contributed by atoms with Crippen LogP contribution in [0.3, 0.4) is 0 Å². The second-order valence-corrected chi connectivity index (χ2v) is 8.60. The van der Waals surface area contributed by atoms with Gasteiger partial charge < -0.3 is 14.5 Å². The van der Waals surface area contributed by atoms with Gasteiger partial charge in [-0.3, -0.25) is 4.79 Å². The average Bonchev–Trinajstić information content (AvgIpc) is 3.17. The summed E-state index contributed by atoms with van der Waals surface area (Å²) in [6, 6.07) is 15.9. The zero-order valence-corrected chi connectivity index (χ0v) is 17.6. The Kier molecular flexibility index (Phi) is 5.73. The number of benzene rings is 2. The minimum absolute atomic E-state index is 0.0393. The number of carbonyl (C=O) groups is 1. The first-order valence-corrected chi connectivity index (χ1v) is 11.4. The Morgan fingerprint density at radius 2 is 1.89 bits per heavy atom. The zero-order chi connectivity index (χ0) is 19.5. The van der Waals surface area contributed by atoms with E-state index in [1.807, 2.05) is 42.2 Å². The third-order valence-electron chi connectivity index (χ3n) is 4.85. The van der Waals surface area contributed by atoms with Gasteiger partial charge in [-0.15, -0.1) is 11.8 Å². The molecule has 1 saturated heterocycles. The number of ether oxygens (including phenoxy) is 1. The number of fused-ring (bicyclic) bond motifs is 1. The maximum Gasteiger partial charge on any atom is 0.263 e. The number of nitrogens with zero attached hydrogens (tertiary/aromatic N) is 3. The molecule has 5 nitrogen and oxygen atoms in total. The first-order chi connectivity index (χ1) is 13.6. The van der Waals surface area contributed by atoms with E-state index in [2.05, 4.69) is 29.4 Å². The van der Waals surface area contributed by atoms with Crippen LogP contribution < -0.4 is 9.64 Å². The Morgan fingerprint density at radius 3 is 2.61 bits per heavy atom. The van der Waals surface area contributed by atoms with E-state index in [0.717, 1.165) is 29.5 Å². The fourth-order valence-electron chi connectivity index (χ4n) is 3.28. The largest absolute Gasteiger partial charge is 0.481 e. The maximum atomic E-state index is 12.7. The Morgan fingerprint density at radius 1 is 1.14 bits per heavy atom. The zero-order valence-electron chi connectivity index (χ0n) is 16.0. The quantitative estimate of drug-likeness (QED) is 0.589. The average molecular weight is 414 g/mol. The molecule has 7 heteroatoms. The molecule has 0 spiro atoms. The molecule has 4 rings (SSSR count). The molecular formula is C21H23N3O2S2. The van der Waals surface area contributed by atoms with Gasteiger partial charge in [0.1, 0.15) is 5.75 Å². The molecule has 1 unspecified atom stereocenters. The highest BCUT2D eigenvalue weighted by atomic mass is 32.2. The SMILES string of the molecule is CSc1ccc2nc(N3CCN(C(=O)C(C)Oc4ccccc4)CC3)sc2c1. The predicted molar refractivity (Wildman–Crippen MR) is 117 cm³/mol. The van der Waals surface area contributed by atoms with Crippen molar-refractivity contribution >= 4 is 44.4 Å². The van der Waals surface area contributed by atoms with E-state index < -0.39 is 6.10 Å². The number of anilines is 1. The Hall–Kier alpha value is -2.25. The normalized spacial score (nSPS) is 15.6. The number of aromatic nitrogens is 1. The molecule has 0 bridgehead atoms. The summed E-state index contributed by atoms with van der Waals surface area (Å²) in [7, 11) is 0. The highest BCUT2D eigenvalue weighted by Crippen LogP contribution is 2.32. The van der Waals surface area contributed by atoms with Crippen LogP contribution in [-0.4, -0.2) is 54.3 Å². The van der Waals surface area contributed by atoms with E-state index in [1.165, 1.54) is 9.60 Å². The van der Waals surface area contributed by atoms with Gasteiger partial charge >= 0.3 is 0 Å². The number of hydrogen-bond acceptors (Lipinski definition) is 6. The Bertz CT molecular complexity index is 953. The van der Waals surface area contributed by atoms with E-state index >= 15 is 0 Å². The fraction of sp³-hybridized carbons (Fsp3) is 0.333. The summed E-state index contributed by atoms with van der Waals surface area (Å²) < 4.78 is 7.00. The molecule has 1 atom stereocenters. The van der Waals surface area contributed by atoms with Crippen LogP contribution in [0.4, 0.5) is 5.13 Å². The van der Waals surface area contributed by atoms with E-state index in [9.17, 15) is 4.79 Å². The second kappa shape index (κ2) is 8.41. The molecule has 28 heavy (non-hydrogen) atoms. The summed E-state index contributed by atoms with van der Waals surface area (Å²) in [6.07, 6.45) is 1.60. The van der Waals surface area contributed by atoms with Crippen LogP contribution in [0.2, 0.25) is 0 Å². The summed E-state index contributed by atoms with van der Waals surface area (Å²) in [5, 5.41) is 1.04. The van der Waals surface area contributed by atoms with Crippen molar-refractivity contribution < 1.29 is 9.53 Å². The molecule has 0 saturated carbocycles. The Labute approximate surface area is 173 Å². The van der Waals surface area contributed by atoms with Crippen molar-refractivity contribution in [2.24, 2.45) is 0 Å². The number of hydrogen-bond donors (Lipinski definition) is 0. The lowest BCUT2D eigenvalue weighted by Gasteiger charge is -2.35. The van der Waals surface area contributed by atoms with E-state index in [-0.39, 0.29) is 5.91 Å². The fourth-order valence-corrected chi connectivity index (χ4v) is 4.85. The van der Waals surface area contributed by atoms with Gasteiger partial charge in [0.05, 0.1) is 10.2 Å². The molecular weight excluding hydrogens is 390 g/mol. The number of piperazine rings is 1. The van der Waals surface area contributed by atoms with E-state index in [0.29, 0.717) is 13.1 Å². The third kappa shape index (κ3) is 4.10. The van der Waals surface area contributed by atoms with E-state index in [4.69, 9.17) is 9.72 Å². The van der Waals surface area contributed by atoms with Crippen LogP contribution in [0.15, 0.2) is 53.4 Å².